The zero-order chi connectivity index (χ0) is 17.3. The van der Waals surface area contributed by atoms with Gasteiger partial charge in [0, 0.05) is 26.2 Å². The molecule has 2 aromatic carbocycles. The SMILES string of the molecule is CCCOc1ccccc1NC[C@@H]1CN(Cc2ccccc2)CCO1.Cl.Cl. The number of rotatable bonds is 8. The Balaban J connectivity index is 0.00000182. The van der Waals surface area contributed by atoms with Crippen LogP contribution >= 0.6 is 24.8 Å². The van der Waals surface area contributed by atoms with Crippen molar-refractivity contribution in [2.75, 3.05) is 38.2 Å². The summed E-state index contributed by atoms with van der Waals surface area (Å²) in [5.41, 5.74) is 2.40. The molecule has 0 saturated carbocycles. The summed E-state index contributed by atoms with van der Waals surface area (Å²) in [6, 6.07) is 18.8. The molecule has 0 radical (unpaired) electrons. The van der Waals surface area contributed by atoms with Crippen molar-refractivity contribution < 1.29 is 9.47 Å². The molecule has 0 spiro atoms. The zero-order valence-electron chi connectivity index (χ0n) is 15.8. The van der Waals surface area contributed by atoms with Gasteiger partial charge in [0.1, 0.15) is 5.75 Å². The summed E-state index contributed by atoms with van der Waals surface area (Å²) in [5, 5.41) is 3.50. The molecule has 6 heteroatoms. The minimum atomic E-state index is 0. The highest BCUT2D eigenvalue weighted by atomic mass is 35.5. The fourth-order valence-electron chi connectivity index (χ4n) is 3.06. The minimum absolute atomic E-state index is 0. The van der Waals surface area contributed by atoms with E-state index >= 15 is 0 Å². The first-order valence-electron chi connectivity index (χ1n) is 9.18. The number of ether oxygens (including phenoxy) is 2. The first-order valence-corrected chi connectivity index (χ1v) is 9.18. The van der Waals surface area contributed by atoms with Crippen molar-refractivity contribution in [3.8, 4) is 5.75 Å². The maximum Gasteiger partial charge on any atom is 0.142 e. The largest absolute Gasteiger partial charge is 0.491 e. The van der Waals surface area contributed by atoms with Gasteiger partial charge in [0.05, 0.1) is 25.0 Å². The van der Waals surface area contributed by atoms with Crippen molar-refractivity contribution in [3.63, 3.8) is 0 Å². The van der Waals surface area contributed by atoms with E-state index in [1.54, 1.807) is 0 Å². The first kappa shape index (κ1) is 23.6. The van der Waals surface area contributed by atoms with E-state index in [0.29, 0.717) is 0 Å². The Labute approximate surface area is 175 Å². The molecule has 3 rings (SSSR count). The average Bonchev–Trinajstić information content (AvgIpc) is 2.66. The Hall–Kier alpha value is -1.46. The molecule has 1 N–H and O–H groups in total. The van der Waals surface area contributed by atoms with Crippen LogP contribution in [0.4, 0.5) is 5.69 Å². The summed E-state index contributed by atoms with van der Waals surface area (Å²) in [4.78, 5) is 2.46. The lowest BCUT2D eigenvalue weighted by atomic mass is 10.2. The van der Waals surface area contributed by atoms with Crippen molar-refractivity contribution in [2.24, 2.45) is 0 Å². The van der Waals surface area contributed by atoms with Crippen LogP contribution in [-0.2, 0) is 11.3 Å². The molecule has 4 nitrogen and oxygen atoms in total. The monoisotopic (exact) mass is 412 g/mol. The molecule has 27 heavy (non-hydrogen) atoms. The Bertz CT molecular complexity index is 643. The molecular weight excluding hydrogens is 383 g/mol. The van der Waals surface area contributed by atoms with Gasteiger partial charge in [0.2, 0.25) is 0 Å². The number of nitrogens with zero attached hydrogens (tertiary/aromatic N) is 1. The van der Waals surface area contributed by atoms with E-state index in [9.17, 15) is 0 Å². The third kappa shape index (κ3) is 7.59. The predicted octanol–water partition coefficient (Wildman–Crippen LogP) is 4.63. The van der Waals surface area contributed by atoms with E-state index in [0.717, 1.165) is 57.3 Å². The van der Waals surface area contributed by atoms with Gasteiger partial charge in [-0.15, -0.1) is 24.8 Å². The molecule has 1 aliphatic heterocycles. The van der Waals surface area contributed by atoms with Gasteiger partial charge < -0.3 is 14.8 Å². The molecule has 1 atom stereocenters. The normalized spacial score (nSPS) is 16.7. The highest BCUT2D eigenvalue weighted by molar-refractivity contribution is 5.85. The highest BCUT2D eigenvalue weighted by Gasteiger charge is 2.20. The molecule has 0 unspecified atom stereocenters. The van der Waals surface area contributed by atoms with Crippen molar-refractivity contribution >= 4 is 30.5 Å². The lowest BCUT2D eigenvalue weighted by molar-refractivity contribution is -0.0240. The predicted molar refractivity (Wildman–Crippen MR) is 117 cm³/mol. The third-order valence-electron chi connectivity index (χ3n) is 4.34. The van der Waals surface area contributed by atoms with Crippen LogP contribution in [0.2, 0.25) is 0 Å². The van der Waals surface area contributed by atoms with Gasteiger partial charge in [-0.3, -0.25) is 4.90 Å². The second kappa shape index (κ2) is 12.8. The maximum atomic E-state index is 5.94. The van der Waals surface area contributed by atoms with Gasteiger partial charge in [-0.05, 0) is 24.1 Å². The second-order valence-electron chi connectivity index (χ2n) is 6.44. The van der Waals surface area contributed by atoms with Crippen LogP contribution in [0.5, 0.6) is 5.75 Å². The van der Waals surface area contributed by atoms with Crippen LogP contribution in [0.15, 0.2) is 54.6 Å². The molecule has 2 aromatic rings. The second-order valence-corrected chi connectivity index (χ2v) is 6.44. The number of hydrogen-bond acceptors (Lipinski definition) is 4. The Kier molecular flexibility index (Phi) is 11.2. The van der Waals surface area contributed by atoms with E-state index in [1.807, 2.05) is 18.2 Å². The fourth-order valence-corrected chi connectivity index (χ4v) is 3.06. The summed E-state index contributed by atoms with van der Waals surface area (Å²) < 4.78 is 11.8. The van der Waals surface area contributed by atoms with Crippen molar-refractivity contribution in [1.29, 1.82) is 0 Å². The minimum Gasteiger partial charge on any atom is -0.491 e. The van der Waals surface area contributed by atoms with Gasteiger partial charge in [-0.2, -0.15) is 0 Å². The van der Waals surface area contributed by atoms with E-state index < -0.39 is 0 Å². The van der Waals surface area contributed by atoms with E-state index in [4.69, 9.17) is 9.47 Å². The summed E-state index contributed by atoms with van der Waals surface area (Å²) in [6.07, 6.45) is 1.20. The molecule has 1 saturated heterocycles. The van der Waals surface area contributed by atoms with Crippen molar-refractivity contribution in [1.82, 2.24) is 4.90 Å². The topological polar surface area (TPSA) is 33.7 Å². The smallest absolute Gasteiger partial charge is 0.142 e. The summed E-state index contributed by atoms with van der Waals surface area (Å²) >= 11 is 0. The van der Waals surface area contributed by atoms with E-state index in [-0.39, 0.29) is 30.9 Å². The zero-order valence-corrected chi connectivity index (χ0v) is 17.4. The van der Waals surface area contributed by atoms with Crippen LogP contribution in [0.25, 0.3) is 0 Å². The number of anilines is 1. The highest BCUT2D eigenvalue weighted by Crippen LogP contribution is 2.24. The van der Waals surface area contributed by atoms with E-state index in [1.165, 1.54) is 5.56 Å². The van der Waals surface area contributed by atoms with E-state index in [2.05, 4.69) is 53.5 Å². The number of hydrogen-bond donors (Lipinski definition) is 1. The molecule has 0 aromatic heterocycles. The van der Waals surface area contributed by atoms with Crippen molar-refractivity contribution in [3.05, 3.63) is 60.2 Å². The third-order valence-corrected chi connectivity index (χ3v) is 4.34. The quantitative estimate of drug-likeness (QED) is 0.684. The molecule has 0 aliphatic carbocycles. The van der Waals surface area contributed by atoms with Crippen LogP contribution in [-0.4, -0.2) is 43.9 Å². The number of benzene rings is 2. The van der Waals surface area contributed by atoms with Crippen LogP contribution < -0.4 is 10.1 Å². The molecular formula is C21H30Cl2N2O2. The van der Waals surface area contributed by atoms with Gasteiger partial charge in [-0.1, -0.05) is 49.4 Å². The Morgan fingerprint density at radius 1 is 1.07 bits per heavy atom. The number of morpholine rings is 1. The van der Waals surface area contributed by atoms with Gasteiger partial charge in [0.15, 0.2) is 0 Å². The Morgan fingerprint density at radius 3 is 2.59 bits per heavy atom. The van der Waals surface area contributed by atoms with Gasteiger partial charge in [0.25, 0.3) is 0 Å². The van der Waals surface area contributed by atoms with Crippen molar-refractivity contribution in [2.45, 2.75) is 26.0 Å². The summed E-state index contributed by atoms with van der Waals surface area (Å²) in [7, 11) is 0. The van der Waals surface area contributed by atoms with Crippen LogP contribution in [0.3, 0.4) is 0 Å². The van der Waals surface area contributed by atoms with Crippen LogP contribution in [0, 0.1) is 0 Å². The molecule has 1 aliphatic rings. The molecule has 1 heterocycles. The number of para-hydroxylation sites is 2. The number of halogens is 2. The molecule has 150 valence electrons. The lowest BCUT2D eigenvalue weighted by Gasteiger charge is -2.33. The average molecular weight is 413 g/mol. The first-order chi connectivity index (χ1) is 12.3. The Morgan fingerprint density at radius 2 is 1.81 bits per heavy atom. The molecule has 0 amide bonds. The molecule has 1 fully saturated rings. The van der Waals surface area contributed by atoms with Gasteiger partial charge in [-0.25, -0.2) is 0 Å². The fraction of sp³-hybridized carbons (Fsp3) is 0.429. The lowest BCUT2D eigenvalue weighted by Crippen LogP contribution is -2.44. The van der Waals surface area contributed by atoms with Gasteiger partial charge >= 0.3 is 0 Å². The maximum absolute atomic E-state index is 5.94. The van der Waals surface area contributed by atoms with Crippen LogP contribution in [0.1, 0.15) is 18.9 Å². The summed E-state index contributed by atoms with van der Waals surface area (Å²) in [5.74, 6) is 0.918. The molecule has 0 bridgehead atoms. The summed E-state index contributed by atoms with van der Waals surface area (Å²) in [6.45, 7) is 7.35. The number of nitrogens with one attached hydrogen (secondary N) is 1. The standard InChI is InChI=1S/C21H28N2O2.2ClH/c1-2-13-25-21-11-7-6-10-20(21)22-15-19-17-23(12-14-24-19)16-18-8-4-3-5-9-18;;/h3-11,19,22H,2,12-17H2,1H3;2*1H/t19-;;/m1../s1.